The molecule has 3 aromatic rings. The minimum Gasteiger partial charge on any atom is -0.534 e. The van der Waals surface area contributed by atoms with E-state index in [0.29, 0.717) is 24.2 Å². The highest BCUT2D eigenvalue weighted by Crippen LogP contribution is 2.30. The highest BCUT2D eigenvalue weighted by atomic mass is 16.5. The van der Waals surface area contributed by atoms with Crippen LogP contribution in [0.15, 0.2) is 67.0 Å². The Balaban J connectivity index is 1.39. The molecule has 0 fully saturated rings. The lowest BCUT2D eigenvalue weighted by atomic mass is 9.72. The predicted molar refractivity (Wildman–Crippen MR) is 118 cm³/mol. The average molecular weight is 431 g/mol. The maximum Gasteiger partial charge on any atom is 0.547 e. The summed E-state index contributed by atoms with van der Waals surface area (Å²) >= 11 is 0. The molecule has 2 heterocycles. The second kappa shape index (κ2) is 9.63. The van der Waals surface area contributed by atoms with Crippen molar-refractivity contribution in [2.24, 2.45) is 0 Å². The molecule has 8 nitrogen and oxygen atoms in total. The normalized spacial score (nSPS) is 14.9. The van der Waals surface area contributed by atoms with Gasteiger partial charge in [-0.25, -0.2) is 4.79 Å². The molecule has 32 heavy (non-hydrogen) atoms. The Hall–Kier alpha value is -3.69. The first kappa shape index (κ1) is 21.5. The van der Waals surface area contributed by atoms with E-state index in [2.05, 4.69) is 15.6 Å². The van der Waals surface area contributed by atoms with Crippen LogP contribution in [0.4, 0.5) is 0 Å². The summed E-state index contributed by atoms with van der Waals surface area (Å²) in [6, 6.07) is 15.8. The Kier molecular flexibility index (Phi) is 6.48. The van der Waals surface area contributed by atoms with Crippen molar-refractivity contribution in [2.75, 3.05) is 0 Å². The zero-order valence-electron chi connectivity index (χ0n) is 17.2. The van der Waals surface area contributed by atoms with Crippen molar-refractivity contribution in [1.29, 1.82) is 0 Å². The number of rotatable bonds is 7. The summed E-state index contributed by atoms with van der Waals surface area (Å²) in [5, 5.41) is 25.8. The van der Waals surface area contributed by atoms with E-state index in [9.17, 15) is 19.7 Å². The summed E-state index contributed by atoms with van der Waals surface area (Å²) in [5.74, 6) is -2.04. The lowest BCUT2D eigenvalue weighted by molar-refractivity contribution is 0.0693. The van der Waals surface area contributed by atoms with Gasteiger partial charge in [-0.2, -0.15) is 0 Å². The van der Waals surface area contributed by atoms with Gasteiger partial charge in [0.25, 0.3) is 5.91 Å². The van der Waals surface area contributed by atoms with Crippen LogP contribution in [0.25, 0.3) is 0 Å². The third-order valence-electron chi connectivity index (χ3n) is 5.24. The molecule has 0 aliphatic carbocycles. The number of benzene rings is 2. The number of amides is 1. The number of aromatic nitrogens is 1. The first-order chi connectivity index (χ1) is 15.5. The molecule has 0 saturated heterocycles. The molecule has 1 aliphatic heterocycles. The van der Waals surface area contributed by atoms with E-state index >= 15 is 0 Å². The van der Waals surface area contributed by atoms with Gasteiger partial charge in [0.05, 0.1) is 11.5 Å². The number of carboxylic acids is 1. The second-order valence-corrected chi connectivity index (χ2v) is 7.56. The first-order valence-corrected chi connectivity index (χ1v) is 10.2. The standard InChI is InChI=1S/C23H22BN3O5/c28-22(18-7-1-4-15(10-18)12-26-14-16-5-3-9-25-13-16)27-20-11-17-6-2-8-19(23(29)30)21(17)32-24(20)31/h1-10,13,20,26,31H,11-12,14H2,(H,27,28)(H,29,30)/t20-/m0/s1. The number of hydrogen-bond donors (Lipinski definition) is 4. The van der Waals surface area contributed by atoms with Crippen LogP contribution >= 0.6 is 0 Å². The summed E-state index contributed by atoms with van der Waals surface area (Å²) in [7, 11) is -1.35. The number of fused-ring (bicyclic) bond motifs is 1. The van der Waals surface area contributed by atoms with E-state index in [1.807, 2.05) is 18.2 Å². The average Bonchev–Trinajstić information content (AvgIpc) is 2.80. The van der Waals surface area contributed by atoms with Crippen molar-refractivity contribution < 1.29 is 24.4 Å². The largest absolute Gasteiger partial charge is 0.547 e. The number of pyridine rings is 1. The smallest absolute Gasteiger partial charge is 0.534 e. The Morgan fingerprint density at radius 2 is 1.88 bits per heavy atom. The molecule has 1 atom stereocenters. The molecule has 1 amide bonds. The van der Waals surface area contributed by atoms with Crippen molar-refractivity contribution in [2.45, 2.75) is 25.5 Å². The van der Waals surface area contributed by atoms with Crippen molar-refractivity contribution in [3.8, 4) is 5.75 Å². The Morgan fingerprint density at radius 1 is 1.09 bits per heavy atom. The van der Waals surface area contributed by atoms with E-state index in [0.717, 1.165) is 11.1 Å². The fraction of sp³-hybridized carbons (Fsp3) is 0.174. The molecule has 4 N–H and O–H groups in total. The number of nitrogens with one attached hydrogen (secondary N) is 2. The van der Waals surface area contributed by atoms with Crippen LogP contribution in [0.3, 0.4) is 0 Å². The van der Waals surface area contributed by atoms with E-state index in [4.69, 9.17) is 4.65 Å². The topological polar surface area (TPSA) is 121 Å². The van der Waals surface area contributed by atoms with Crippen LogP contribution in [0.1, 0.15) is 37.4 Å². The Morgan fingerprint density at radius 3 is 2.66 bits per heavy atom. The summed E-state index contributed by atoms with van der Waals surface area (Å²) in [6.45, 7) is 1.24. The molecule has 0 unspecified atom stereocenters. The highest BCUT2D eigenvalue weighted by Gasteiger charge is 2.37. The molecular formula is C23H22BN3O5. The van der Waals surface area contributed by atoms with Gasteiger partial charge < -0.3 is 25.4 Å². The maximum absolute atomic E-state index is 12.8. The number of hydrogen-bond acceptors (Lipinski definition) is 6. The zero-order valence-corrected chi connectivity index (χ0v) is 17.2. The van der Waals surface area contributed by atoms with Gasteiger partial charge in [0.1, 0.15) is 5.75 Å². The van der Waals surface area contributed by atoms with Gasteiger partial charge in [-0.1, -0.05) is 30.3 Å². The van der Waals surface area contributed by atoms with E-state index < -0.39 is 19.0 Å². The van der Waals surface area contributed by atoms with Crippen molar-refractivity contribution in [1.82, 2.24) is 15.6 Å². The Bertz CT molecular complexity index is 1130. The van der Waals surface area contributed by atoms with Crippen molar-refractivity contribution >= 4 is 19.0 Å². The Labute approximate surface area is 185 Å². The molecule has 0 saturated carbocycles. The van der Waals surface area contributed by atoms with E-state index in [-0.39, 0.29) is 23.6 Å². The van der Waals surface area contributed by atoms with Gasteiger partial charge in [0, 0.05) is 31.0 Å². The summed E-state index contributed by atoms with van der Waals surface area (Å²) in [5.41, 5.74) is 3.08. The molecule has 1 aliphatic rings. The number of para-hydroxylation sites is 1. The lowest BCUT2D eigenvalue weighted by Crippen LogP contribution is -2.53. The van der Waals surface area contributed by atoms with Crippen LogP contribution in [0, 0.1) is 0 Å². The monoisotopic (exact) mass is 431 g/mol. The first-order valence-electron chi connectivity index (χ1n) is 10.2. The molecule has 1 aromatic heterocycles. The van der Waals surface area contributed by atoms with E-state index in [1.54, 1.807) is 42.7 Å². The number of carboxylic acid groups (broad SMARTS) is 1. The van der Waals surface area contributed by atoms with Crippen LogP contribution < -0.4 is 15.3 Å². The van der Waals surface area contributed by atoms with Gasteiger partial charge in [0.2, 0.25) is 0 Å². The molecule has 0 spiro atoms. The number of carbonyl (C=O) groups excluding carboxylic acids is 1. The van der Waals surface area contributed by atoms with Gasteiger partial charge in [-0.3, -0.25) is 9.78 Å². The maximum atomic E-state index is 12.8. The fourth-order valence-corrected chi connectivity index (χ4v) is 3.64. The van der Waals surface area contributed by atoms with Crippen molar-refractivity contribution in [3.63, 3.8) is 0 Å². The quantitative estimate of drug-likeness (QED) is 0.421. The minimum absolute atomic E-state index is 0.0159. The summed E-state index contributed by atoms with van der Waals surface area (Å²) in [4.78, 5) is 28.2. The van der Waals surface area contributed by atoms with Crippen LogP contribution in [-0.4, -0.2) is 40.1 Å². The minimum atomic E-state index is -1.35. The molecule has 0 radical (unpaired) electrons. The van der Waals surface area contributed by atoms with Crippen LogP contribution in [0.5, 0.6) is 5.75 Å². The van der Waals surface area contributed by atoms with Crippen LogP contribution in [0.2, 0.25) is 0 Å². The third-order valence-corrected chi connectivity index (χ3v) is 5.24. The number of aromatic carboxylic acids is 1. The van der Waals surface area contributed by atoms with Gasteiger partial charge in [-0.05, 0) is 47.4 Å². The van der Waals surface area contributed by atoms with Gasteiger partial charge in [0.15, 0.2) is 0 Å². The fourth-order valence-electron chi connectivity index (χ4n) is 3.64. The number of carbonyl (C=O) groups is 2. The molecule has 9 heteroatoms. The number of nitrogens with zero attached hydrogens (tertiary/aromatic N) is 1. The molecule has 2 aromatic carbocycles. The second-order valence-electron chi connectivity index (χ2n) is 7.56. The summed E-state index contributed by atoms with van der Waals surface area (Å²) in [6.07, 6.45) is 3.78. The van der Waals surface area contributed by atoms with Gasteiger partial charge in [-0.15, -0.1) is 0 Å². The SMILES string of the molecule is O=C(N[C@H]1Cc2cccc(C(=O)O)c2OB1O)c1cccc(CNCc2cccnc2)c1. The van der Waals surface area contributed by atoms with E-state index in [1.165, 1.54) is 6.07 Å². The molecule has 162 valence electrons. The summed E-state index contributed by atoms with van der Waals surface area (Å²) < 4.78 is 5.44. The van der Waals surface area contributed by atoms with Crippen molar-refractivity contribution in [3.05, 3.63) is 94.8 Å². The lowest BCUT2D eigenvalue weighted by Gasteiger charge is -2.28. The molecule has 4 rings (SSSR count). The predicted octanol–water partition coefficient (Wildman–Crippen LogP) is 1.82. The third kappa shape index (κ3) is 4.96. The zero-order chi connectivity index (χ0) is 22.5. The molecular weight excluding hydrogens is 409 g/mol. The molecule has 0 bridgehead atoms. The highest BCUT2D eigenvalue weighted by molar-refractivity contribution is 6.47. The van der Waals surface area contributed by atoms with Gasteiger partial charge >= 0.3 is 13.1 Å². The van der Waals surface area contributed by atoms with Crippen LogP contribution in [-0.2, 0) is 19.5 Å².